The highest BCUT2D eigenvalue weighted by molar-refractivity contribution is 7.10. The number of para-hydroxylation sites is 1. The SMILES string of the molecule is Cc1ccsc1C1C(C(=O)c2cc3ccccc3o2)=C(O)C(=O)N1CCN(C)C. The molecule has 1 atom stereocenters. The van der Waals surface area contributed by atoms with Crippen LogP contribution in [0.1, 0.15) is 27.0 Å². The molecule has 2 aromatic heterocycles. The highest BCUT2D eigenvalue weighted by atomic mass is 32.1. The van der Waals surface area contributed by atoms with E-state index in [0.717, 1.165) is 15.8 Å². The van der Waals surface area contributed by atoms with Gasteiger partial charge in [-0.3, -0.25) is 9.59 Å². The smallest absolute Gasteiger partial charge is 0.290 e. The van der Waals surface area contributed by atoms with Gasteiger partial charge >= 0.3 is 0 Å². The number of carbonyl (C=O) groups excluding carboxylic acids is 2. The highest BCUT2D eigenvalue weighted by Crippen LogP contribution is 2.42. The number of fused-ring (bicyclic) bond motifs is 1. The van der Waals surface area contributed by atoms with E-state index in [4.69, 9.17) is 4.42 Å². The molecule has 0 radical (unpaired) electrons. The number of benzene rings is 1. The molecule has 0 fully saturated rings. The van der Waals surface area contributed by atoms with Crippen molar-refractivity contribution >= 4 is 34.0 Å². The minimum absolute atomic E-state index is 0.0818. The number of aliphatic hydroxyl groups excluding tert-OH is 1. The lowest BCUT2D eigenvalue weighted by molar-refractivity contribution is -0.129. The van der Waals surface area contributed by atoms with E-state index in [2.05, 4.69) is 0 Å². The van der Waals surface area contributed by atoms with E-state index in [-0.39, 0.29) is 11.3 Å². The minimum atomic E-state index is -0.622. The van der Waals surface area contributed by atoms with Crippen LogP contribution in [0.3, 0.4) is 0 Å². The molecule has 1 aromatic carbocycles. The first kappa shape index (κ1) is 19.4. The van der Waals surface area contributed by atoms with Crippen molar-refractivity contribution in [2.45, 2.75) is 13.0 Å². The van der Waals surface area contributed by atoms with Gasteiger partial charge in [0.15, 0.2) is 11.5 Å². The lowest BCUT2D eigenvalue weighted by Crippen LogP contribution is -2.36. The maximum absolute atomic E-state index is 13.4. The highest BCUT2D eigenvalue weighted by Gasteiger charge is 2.45. The molecule has 29 heavy (non-hydrogen) atoms. The van der Waals surface area contributed by atoms with E-state index in [1.54, 1.807) is 17.0 Å². The van der Waals surface area contributed by atoms with Gasteiger partial charge in [0.2, 0.25) is 5.78 Å². The number of nitrogens with zero attached hydrogens (tertiary/aromatic N) is 2. The second-order valence-electron chi connectivity index (χ2n) is 7.41. The molecule has 1 aliphatic rings. The van der Waals surface area contributed by atoms with E-state index in [1.165, 1.54) is 11.3 Å². The van der Waals surface area contributed by atoms with Crippen LogP contribution in [0.15, 0.2) is 57.5 Å². The summed E-state index contributed by atoms with van der Waals surface area (Å²) in [6, 6.07) is 10.3. The second-order valence-corrected chi connectivity index (χ2v) is 8.36. The maximum Gasteiger partial charge on any atom is 0.290 e. The second kappa shape index (κ2) is 7.50. The molecule has 4 rings (SSSR count). The van der Waals surface area contributed by atoms with Gasteiger partial charge in [-0.25, -0.2) is 0 Å². The molecule has 0 saturated heterocycles. The molecule has 1 unspecified atom stereocenters. The third-order valence-electron chi connectivity index (χ3n) is 5.14. The number of aryl methyl sites for hydroxylation is 1. The van der Waals surface area contributed by atoms with Crippen LogP contribution in [-0.2, 0) is 4.79 Å². The average molecular weight is 410 g/mol. The molecule has 150 valence electrons. The van der Waals surface area contributed by atoms with Crippen molar-refractivity contribution < 1.29 is 19.1 Å². The van der Waals surface area contributed by atoms with E-state index < -0.39 is 23.5 Å². The summed E-state index contributed by atoms with van der Waals surface area (Å²) in [6.07, 6.45) is 0. The van der Waals surface area contributed by atoms with Gasteiger partial charge in [0, 0.05) is 23.4 Å². The fourth-order valence-electron chi connectivity index (χ4n) is 3.59. The van der Waals surface area contributed by atoms with Crippen molar-refractivity contribution in [3.05, 3.63) is 69.3 Å². The zero-order chi connectivity index (χ0) is 20.7. The van der Waals surface area contributed by atoms with Gasteiger partial charge in [-0.2, -0.15) is 0 Å². The fraction of sp³-hybridized carbons (Fsp3) is 0.273. The van der Waals surface area contributed by atoms with Crippen LogP contribution in [0.2, 0.25) is 0 Å². The Morgan fingerprint density at radius 1 is 1.28 bits per heavy atom. The van der Waals surface area contributed by atoms with Crippen LogP contribution < -0.4 is 0 Å². The Labute approximate surface area is 172 Å². The number of rotatable bonds is 6. The summed E-state index contributed by atoms with van der Waals surface area (Å²) in [5.41, 5.74) is 1.65. The first-order chi connectivity index (χ1) is 13.9. The van der Waals surface area contributed by atoms with Crippen LogP contribution in [0.4, 0.5) is 0 Å². The monoisotopic (exact) mass is 410 g/mol. The summed E-state index contributed by atoms with van der Waals surface area (Å²) in [5, 5.41) is 13.4. The molecule has 1 amide bonds. The van der Waals surface area contributed by atoms with Crippen LogP contribution in [0.5, 0.6) is 0 Å². The maximum atomic E-state index is 13.4. The lowest BCUT2D eigenvalue weighted by atomic mass is 9.98. The standard InChI is InChI=1S/C22H22N2O4S/c1-13-8-11-29-21(13)18-17(20(26)22(27)24(18)10-9-23(2)3)19(25)16-12-14-6-4-5-7-15(14)28-16/h4-8,11-12,18,26H,9-10H2,1-3H3. The fourth-order valence-corrected chi connectivity index (χ4v) is 4.63. The largest absolute Gasteiger partial charge is 0.503 e. The first-order valence-electron chi connectivity index (χ1n) is 9.34. The Hall–Kier alpha value is -2.90. The number of aliphatic hydroxyl groups is 1. The van der Waals surface area contributed by atoms with E-state index in [9.17, 15) is 14.7 Å². The van der Waals surface area contributed by atoms with Gasteiger partial charge in [0.05, 0.1) is 5.57 Å². The summed E-state index contributed by atoms with van der Waals surface area (Å²) in [5.74, 6) is -1.36. The Kier molecular flexibility index (Phi) is 5.02. The molecule has 1 aliphatic heterocycles. The predicted octanol–water partition coefficient (Wildman–Crippen LogP) is 3.94. The van der Waals surface area contributed by atoms with Gasteiger partial charge in [-0.05, 0) is 50.2 Å². The van der Waals surface area contributed by atoms with E-state index in [1.807, 2.05) is 55.6 Å². The summed E-state index contributed by atoms with van der Waals surface area (Å²) >= 11 is 1.47. The zero-order valence-corrected chi connectivity index (χ0v) is 17.3. The van der Waals surface area contributed by atoms with Crippen molar-refractivity contribution in [2.75, 3.05) is 27.2 Å². The molecule has 1 N–H and O–H groups in total. The van der Waals surface area contributed by atoms with Crippen molar-refractivity contribution in [3.63, 3.8) is 0 Å². The van der Waals surface area contributed by atoms with Gasteiger partial charge in [-0.1, -0.05) is 18.2 Å². The molecular weight excluding hydrogens is 388 g/mol. The molecule has 3 aromatic rings. The normalized spacial score (nSPS) is 17.2. The number of furan rings is 1. The molecular formula is C22H22N2O4S. The third kappa shape index (κ3) is 3.36. The van der Waals surface area contributed by atoms with Crippen molar-refractivity contribution in [1.29, 1.82) is 0 Å². The van der Waals surface area contributed by atoms with E-state index >= 15 is 0 Å². The molecule has 7 heteroatoms. The third-order valence-corrected chi connectivity index (χ3v) is 6.21. The predicted molar refractivity (Wildman–Crippen MR) is 112 cm³/mol. The topological polar surface area (TPSA) is 74.0 Å². The lowest BCUT2D eigenvalue weighted by Gasteiger charge is -2.27. The molecule has 0 bridgehead atoms. The van der Waals surface area contributed by atoms with Crippen molar-refractivity contribution in [2.24, 2.45) is 0 Å². The molecule has 0 saturated carbocycles. The number of likely N-dealkylation sites (N-methyl/N-ethyl adjacent to an activating group) is 1. The summed E-state index contributed by atoms with van der Waals surface area (Å²) in [4.78, 5) is 30.7. The van der Waals surface area contributed by atoms with Crippen molar-refractivity contribution in [3.8, 4) is 0 Å². The molecule has 6 nitrogen and oxygen atoms in total. The Morgan fingerprint density at radius 3 is 2.69 bits per heavy atom. The quantitative estimate of drug-likeness (QED) is 0.623. The molecule has 0 aliphatic carbocycles. The van der Waals surface area contributed by atoms with Crippen molar-refractivity contribution in [1.82, 2.24) is 9.80 Å². The van der Waals surface area contributed by atoms with Gasteiger partial charge in [0.1, 0.15) is 11.6 Å². The molecule has 3 heterocycles. The van der Waals surface area contributed by atoms with Crippen LogP contribution >= 0.6 is 11.3 Å². The number of hydrogen-bond donors (Lipinski definition) is 1. The number of hydrogen-bond acceptors (Lipinski definition) is 6. The van der Waals surface area contributed by atoms with Gasteiger partial charge < -0.3 is 19.3 Å². The van der Waals surface area contributed by atoms with Crippen LogP contribution in [0, 0.1) is 6.92 Å². The summed E-state index contributed by atoms with van der Waals surface area (Å²) in [6.45, 7) is 2.96. The average Bonchev–Trinajstić information content (AvgIpc) is 3.37. The van der Waals surface area contributed by atoms with Crippen LogP contribution in [0.25, 0.3) is 11.0 Å². The number of amides is 1. The number of Topliss-reactive ketones (excluding diaryl/α,β-unsaturated/α-hetero) is 1. The first-order valence-corrected chi connectivity index (χ1v) is 10.2. The Balaban J connectivity index is 1.79. The van der Waals surface area contributed by atoms with Gasteiger partial charge in [0.25, 0.3) is 5.91 Å². The Morgan fingerprint density at radius 2 is 2.03 bits per heavy atom. The van der Waals surface area contributed by atoms with E-state index in [0.29, 0.717) is 18.7 Å². The summed E-state index contributed by atoms with van der Waals surface area (Å²) in [7, 11) is 3.83. The zero-order valence-electron chi connectivity index (χ0n) is 16.5. The number of ketones is 1. The number of thiophene rings is 1. The minimum Gasteiger partial charge on any atom is -0.503 e. The molecule has 0 spiro atoms. The summed E-state index contributed by atoms with van der Waals surface area (Å²) < 4.78 is 5.73. The Bertz CT molecular complexity index is 1090. The number of carbonyl (C=O) groups is 2. The van der Waals surface area contributed by atoms with Crippen LogP contribution in [-0.4, -0.2) is 53.8 Å². The van der Waals surface area contributed by atoms with Gasteiger partial charge in [-0.15, -0.1) is 11.3 Å².